The second kappa shape index (κ2) is 15.9. The average Bonchev–Trinajstić information content (AvgIpc) is 4.00. The third-order valence-electron chi connectivity index (χ3n) is 11.4. The first-order chi connectivity index (χ1) is 31.0. The first-order valence-electron chi connectivity index (χ1n) is 20.7. The molecule has 12 rings (SSSR count). The number of aryl methyl sites for hydroxylation is 1. The summed E-state index contributed by atoms with van der Waals surface area (Å²) in [7, 11) is 0. The molecule has 0 saturated heterocycles. The number of rotatable bonds is 6. The highest BCUT2D eigenvalue weighted by Crippen LogP contribution is 2.41. The zero-order valence-corrected chi connectivity index (χ0v) is 35.8. The molecule has 8 aromatic carbocycles. The Kier molecular flexibility index (Phi) is 9.64. The molecule has 0 aliphatic carbocycles. The van der Waals surface area contributed by atoms with Gasteiger partial charge in [-0.25, -0.2) is 15.0 Å². The predicted octanol–water partition coefficient (Wildman–Crippen LogP) is 14.5. The van der Waals surface area contributed by atoms with Crippen molar-refractivity contribution in [1.82, 2.24) is 19.5 Å². The van der Waals surface area contributed by atoms with Crippen LogP contribution in [0.25, 0.3) is 91.9 Å². The monoisotopic (exact) mass is 846 g/mol. The van der Waals surface area contributed by atoms with Gasteiger partial charge in [0.25, 0.3) is 0 Å². The Balaban J connectivity index is 0.000000141. The number of anilines is 1. The molecular formula is C55H38N6S2. The van der Waals surface area contributed by atoms with Gasteiger partial charge in [-0.05, 0) is 55.5 Å². The van der Waals surface area contributed by atoms with Crippen molar-refractivity contribution in [1.29, 1.82) is 5.41 Å². The zero-order chi connectivity index (χ0) is 42.4. The fourth-order valence-corrected chi connectivity index (χ4v) is 10.6. The Morgan fingerprint density at radius 1 is 0.492 bits per heavy atom. The lowest BCUT2D eigenvalue weighted by molar-refractivity contribution is 1.08. The minimum absolute atomic E-state index is 0.463. The Morgan fingerprint density at radius 2 is 1.08 bits per heavy atom. The first-order valence-corrected chi connectivity index (χ1v) is 22.4. The van der Waals surface area contributed by atoms with E-state index in [0.29, 0.717) is 28.9 Å². The summed E-state index contributed by atoms with van der Waals surface area (Å²) in [6.45, 7) is 2.13. The summed E-state index contributed by atoms with van der Waals surface area (Å²) in [4.78, 5) is 15.5. The van der Waals surface area contributed by atoms with Gasteiger partial charge in [-0.2, -0.15) is 0 Å². The molecule has 0 fully saturated rings. The van der Waals surface area contributed by atoms with Crippen LogP contribution in [-0.4, -0.2) is 25.2 Å². The molecule has 0 saturated carbocycles. The number of para-hydroxylation sites is 2. The number of nitrogens with zero attached hydrogens (tertiary/aromatic N) is 4. The van der Waals surface area contributed by atoms with Gasteiger partial charge in [0.1, 0.15) is 0 Å². The minimum atomic E-state index is 0.463. The van der Waals surface area contributed by atoms with Crippen molar-refractivity contribution >= 4 is 86.1 Å². The lowest BCUT2D eigenvalue weighted by Crippen LogP contribution is -2.03. The van der Waals surface area contributed by atoms with E-state index >= 15 is 0 Å². The lowest BCUT2D eigenvalue weighted by Gasteiger charge is -2.09. The number of hydrogen-bond acceptors (Lipinski definition) is 7. The van der Waals surface area contributed by atoms with E-state index in [9.17, 15) is 0 Å². The summed E-state index contributed by atoms with van der Waals surface area (Å²) < 4.78 is 5.90. The Hall–Kier alpha value is -7.78. The predicted molar refractivity (Wildman–Crippen MR) is 267 cm³/mol. The van der Waals surface area contributed by atoms with Gasteiger partial charge in [-0.1, -0.05) is 151 Å². The summed E-state index contributed by atoms with van der Waals surface area (Å²) in [5, 5.41) is 14.8. The van der Waals surface area contributed by atoms with E-state index in [1.54, 1.807) is 11.3 Å². The van der Waals surface area contributed by atoms with Crippen molar-refractivity contribution < 1.29 is 0 Å². The van der Waals surface area contributed by atoms with Gasteiger partial charge >= 0.3 is 0 Å². The van der Waals surface area contributed by atoms with Gasteiger partial charge in [0, 0.05) is 69.0 Å². The number of aromatic nitrogens is 4. The van der Waals surface area contributed by atoms with E-state index in [1.807, 2.05) is 102 Å². The molecule has 300 valence electrons. The van der Waals surface area contributed by atoms with Crippen LogP contribution in [-0.2, 0) is 0 Å². The van der Waals surface area contributed by atoms with Crippen LogP contribution in [0.15, 0.2) is 194 Å². The fraction of sp³-hybridized carbons (Fsp3) is 0.0182. The second-order valence-electron chi connectivity index (χ2n) is 15.5. The number of nitrogen functional groups attached to an aromatic ring is 1. The standard InChI is InChI=1S/C28H19N3S.C27H19N3S/c1-18-15-16-23-22(17-18)25-21(13-8-14-24(25)32-23)28-30-26(19-9-4-2-5-10-19)29-27(31-28)20-11-6-3-7-12-20;28-25(27-26(29)21-11-5-7-13-24(21)31-27)17-14-15-20-19-10-4-6-12-22(19)30(23(20)16-17)18-8-2-1-3-9-18/h2-17H,1H3;1-16,28H,29H2. The van der Waals surface area contributed by atoms with Crippen LogP contribution in [0.4, 0.5) is 5.69 Å². The molecule has 0 radical (unpaired) electrons. The number of benzene rings is 8. The van der Waals surface area contributed by atoms with Crippen LogP contribution in [0.2, 0.25) is 0 Å². The lowest BCUT2D eigenvalue weighted by atomic mass is 10.0. The van der Waals surface area contributed by atoms with E-state index in [-0.39, 0.29) is 0 Å². The molecule has 0 bridgehead atoms. The Labute approximate surface area is 371 Å². The largest absolute Gasteiger partial charge is 0.397 e. The first kappa shape index (κ1) is 38.2. The van der Waals surface area contributed by atoms with E-state index in [0.717, 1.165) is 53.9 Å². The van der Waals surface area contributed by atoms with Crippen LogP contribution in [0, 0.1) is 12.3 Å². The van der Waals surface area contributed by atoms with E-state index in [4.69, 9.17) is 26.1 Å². The van der Waals surface area contributed by atoms with Gasteiger partial charge in [0.2, 0.25) is 0 Å². The summed E-state index contributed by atoms with van der Waals surface area (Å²) in [6, 6.07) is 66.4. The molecule has 6 nitrogen and oxygen atoms in total. The van der Waals surface area contributed by atoms with Crippen LogP contribution in [0.1, 0.15) is 16.0 Å². The third kappa shape index (κ3) is 6.92. The Morgan fingerprint density at radius 3 is 1.79 bits per heavy atom. The highest BCUT2D eigenvalue weighted by Gasteiger charge is 2.19. The number of thiophene rings is 2. The molecule has 4 heterocycles. The van der Waals surface area contributed by atoms with Gasteiger partial charge in [-0.3, -0.25) is 5.41 Å². The van der Waals surface area contributed by atoms with Crippen LogP contribution < -0.4 is 5.73 Å². The molecule has 4 aromatic heterocycles. The van der Waals surface area contributed by atoms with Gasteiger partial charge < -0.3 is 10.3 Å². The van der Waals surface area contributed by atoms with Crippen molar-refractivity contribution in [3.05, 3.63) is 210 Å². The van der Waals surface area contributed by atoms with Crippen LogP contribution >= 0.6 is 22.7 Å². The molecule has 3 N–H and O–H groups in total. The molecular weight excluding hydrogens is 809 g/mol. The number of fused-ring (bicyclic) bond motifs is 7. The van der Waals surface area contributed by atoms with Gasteiger partial charge in [0.15, 0.2) is 17.5 Å². The van der Waals surface area contributed by atoms with Gasteiger partial charge in [-0.15, -0.1) is 22.7 Å². The number of nitrogens with one attached hydrogen (secondary N) is 1. The molecule has 0 unspecified atom stereocenters. The maximum Gasteiger partial charge on any atom is 0.164 e. The molecule has 0 atom stereocenters. The summed E-state index contributed by atoms with van der Waals surface area (Å²) in [6.07, 6.45) is 0. The minimum Gasteiger partial charge on any atom is -0.397 e. The zero-order valence-electron chi connectivity index (χ0n) is 34.2. The van der Waals surface area contributed by atoms with Crippen molar-refractivity contribution in [3.8, 4) is 39.9 Å². The maximum absolute atomic E-state index is 8.95. The molecule has 12 aromatic rings. The van der Waals surface area contributed by atoms with Crippen LogP contribution in [0.5, 0.6) is 0 Å². The van der Waals surface area contributed by atoms with E-state index in [1.165, 1.54) is 36.5 Å². The van der Waals surface area contributed by atoms with Gasteiger partial charge in [0.05, 0.1) is 27.3 Å². The molecule has 8 heteroatoms. The normalized spacial score (nSPS) is 11.4. The second-order valence-corrected chi connectivity index (χ2v) is 17.6. The highest BCUT2D eigenvalue weighted by molar-refractivity contribution is 7.26. The SMILES string of the molecule is Cc1ccc2sc3cccc(-c4nc(-c5ccccc5)nc(-c5ccccc5)n4)c3c2c1.N=C(c1ccc2c3ccccc3n(-c3ccccc3)c2c1)c1sc2ccccc2c1N. The van der Waals surface area contributed by atoms with E-state index in [2.05, 4.69) is 115 Å². The molecule has 63 heavy (non-hydrogen) atoms. The summed E-state index contributed by atoms with van der Waals surface area (Å²) >= 11 is 3.39. The smallest absolute Gasteiger partial charge is 0.164 e. The molecule has 0 amide bonds. The Bertz CT molecular complexity index is 3610. The number of nitrogens with two attached hydrogens (primary N) is 1. The van der Waals surface area contributed by atoms with Crippen molar-refractivity contribution in [2.75, 3.05) is 5.73 Å². The average molecular weight is 847 g/mol. The van der Waals surface area contributed by atoms with Crippen molar-refractivity contribution in [2.24, 2.45) is 0 Å². The third-order valence-corrected chi connectivity index (χ3v) is 13.8. The topological polar surface area (TPSA) is 93.5 Å². The fourth-order valence-electron chi connectivity index (χ4n) is 8.42. The van der Waals surface area contributed by atoms with Crippen molar-refractivity contribution in [3.63, 3.8) is 0 Å². The quantitative estimate of drug-likeness (QED) is 0.163. The number of hydrogen-bond donors (Lipinski definition) is 2. The molecule has 0 spiro atoms. The summed E-state index contributed by atoms with van der Waals surface area (Å²) in [5.74, 6) is 2.06. The molecule has 0 aliphatic heterocycles. The maximum atomic E-state index is 8.95. The van der Waals surface area contributed by atoms with Crippen molar-refractivity contribution in [2.45, 2.75) is 6.92 Å². The highest BCUT2D eigenvalue weighted by atomic mass is 32.1. The molecule has 0 aliphatic rings. The summed E-state index contributed by atoms with van der Waals surface area (Å²) in [5.41, 5.74) is 16.1. The van der Waals surface area contributed by atoms with E-state index < -0.39 is 0 Å². The van der Waals surface area contributed by atoms with Crippen LogP contribution in [0.3, 0.4) is 0 Å².